The first-order valence-electron chi connectivity index (χ1n) is 9.06. The highest BCUT2D eigenvalue weighted by Gasteiger charge is 2.27. The normalized spacial score (nSPS) is 15.7. The molecule has 1 amide bonds. The molecule has 3 rings (SSSR count). The number of hydrogen-bond acceptors (Lipinski definition) is 5. The highest BCUT2D eigenvalue weighted by atomic mass is 32.1. The largest absolute Gasteiger partial charge is 0.312 e. The highest BCUT2D eigenvalue weighted by molar-refractivity contribution is 7.16. The molecule has 0 spiro atoms. The van der Waals surface area contributed by atoms with Crippen LogP contribution >= 0.6 is 11.3 Å². The van der Waals surface area contributed by atoms with E-state index in [0.717, 1.165) is 31.2 Å². The van der Waals surface area contributed by atoms with E-state index >= 15 is 0 Å². The Bertz CT molecular complexity index is 943. The van der Waals surface area contributed by atoms with E-state index in [4.69, 9.17) is 0 Å². The summed E-state index contributed by atoms with van der Waals surface area (Å²) in [4.78, 5) is 24.5. The molecule has 27 heavy (non-hydrogen) atoms. The predicted octanol–water partition coefficient (Wildman–Crippen LogP) is 4.99. The number of hydrogen-bond donors (Lipinski definition) is 1. The summed E-state index contributed by atoms with van der Waals surface area (Å²) in [7, 11) is 0. The maximum absolute atomic E-state index is 12.7. The summed E-state index contributed by atoms with van der Waals surface area (Å²) in [5.74, 6) is 0.215. The van der Waals surface area contributed by atoms with Crippen LogP contribution in [0.15, 0.2) is 18.2 Å². The van der Waals surface area contributed by atoms with Crippen molar-refractivity contribution in [2.45, 2.75) is 46.0 Å². The van der Waals surface area contributed by atoms with E-state index in [2.05, 4.69) is 18.3 Å². The van der Waals surface area contributed by atoms with Gasteiger partial charge in [-0.2, -0.15) is 5.26 Å². The van der Waals surface area contributed by atoms with Crippen LogP contribution in [0.3, 0.4) is 0 Å². The van der Waals surface area contributed by atoms with Crippen LogP contribution in [-0.2, 0) is 12.8 Å². The molecule has 7 heteroatoms. The number of nitrogens with one attached hydrogen (secondary N) is 1. The molecular formula is C20H21N3O3S. The smallest absolute Gasteiger partial charge is 0.273 e. The van der Waals surface area contributed by atoms with Crippen molar-refractivity contribution in [1.82, 2.24) is 0 Å². The fraction of sp³-hybridized carbons (Fsp3) is 0.400. The molecule has 140 valence electrons. The van der Waals surface area contributed by atoms with Gasteiger partial charge < -0.3 is 5.32 Å². The number of rotatable bonds is 5. The number of carbonyl (C=O) groups excluding carboxylic acids is 1. The zero-order chi connectivity index (χ0) is 19.6. The van der Waals surface area contributed by atoms with E-state index in [1.54, 1.807) is 13.0 Å². The summed E-state index contributed by atoms with van der Waals surface area (Å²) >= 11 is 1.47. The quantitative estimate of drug-likeness (QED) is 0.581. The van der Waals surface area contributed by atoms with E-state index in [1.165, 1.54) is 34.8 Å². The molecule has 0 bridgehead atoms. The lowest BCUT2D eigenvalue weighted by atomic mass is 9.85. The minimum Gasteiger partial charge on any atom is -0.312 e. The van der Waals surface area contributed by atoms with Gasteiger partial charge in [-0.1, -0.05) is 25.8 Å². The van der Waals surface area contributed by atoms with Crippen LogP contribution in [0.25, 0.3) is 0 Å². The van der Waals surface area contributed by atoms with E-state index < -0.39 is 10.8 Å². The second-order valence-electron chi connectivity index (χ2n) is 6.88. The number of anilines is 1. The third kappa shape index (κ3) is 3.71. The molecule has 0 saturated carbocycles. The van der Waals surface area contributed by atoms with Crippen molar-refractivity contribution in [1.29, 1.82) is 5.26 Å². The van der Waals surface area contributed by atoms with Gasteiger partial charge in [-0.3, -0.25) is 14.9 Å². The Balaban J connectivity index is 1.89. The molecular weight excluding hydrogens is 362 g/mol. The topological polar surface area (TPSA) is 96.0 Å². The molecule has 1 aliphatic carbocycles. The van der Waals surface area contributed by atoms with Gasteiger partial charge in [0.2, 0.25) is 0 Å². The number of carbonyl (C=O) groups is 1. The minimum atomic E-state index is -0.495. The van der Waals surface area contributed by atoms with Gasteiger partial charge in [0.05, 0.1) is 10.5 Å². The molecule has 0 saturated heterocycles. The number of benzene rings is 1. The Morgan fingerprint density at radius 1 is 1.48 bits per heavy atom. The van der Waals surface area contributed by atoms with Gasteiger partial charge in [0, 0.05) is 22.1 Å². The lowest BCUT2D eigenvalue weighted by Gasteiger charge is -2.21. The van der Waals surface area contributed by atoms with E-state index in [9.17, 15) is 20.2 Å². The van der Waals surface area contributed by atoms with Crippen molar-refractivity contribution in [2.24, 2.45) is 5.92 Å². The van der Waals surface area contributed by atoms with Crippen LogP contribution < -0.4 is 5.32 Å². The van der Waals surface area contributed by atoms with E-state index in [-0.39, 0.29) is 11.3 Å². The first kappa shape index (κ1) is 19.1. The fourth-order valence-electron chi connectivity index (χ4n) is 3.75. The maximum atomic E-state index is 12.7. The van der Waals surface area contributed by atoms with Crippen molar-refractivity contribution in [2.75, 3.05) is 5.32 Å². The first-order chi connectivity index (χ1) is 13.0. The zero-order valence-electron chi connectivity index (χ0n) is 15.4. The molecule has 0 aliphatic heterocycles. The second-order valence-corrected chi connectivity index (χ2v) is 7.98. The fourth-order valence-corrected chi connectivity index (χ4v) is 5.06. The van der Waals surface area contributed by atoms with Crippen LogP contribution in [0, 0.1) is 34.3 Å². The number of nitro benzene ring substituents is 1. The third-order valence-electron chi connectivity index (χ3n) is 5.15. The number of nitriles is 1. The SMILES string of the molecule is CCCC1CCc2c(sc(NC(=O)c3cccc([N+](=O)[O-])c3C)c2C#N)C1. The Morgan fingerprint density at radius 3 is 2.93 bits per heavy atom. The Labute approximate surface area is 162 Å². The molecule has 1 heterocycles. The summed E-state index contributed by atoms with van der Waals surface area (Å²) < 4.78 is 0. The van der Waals surface area contributed by atoms with Crippen LogP contribution in [-0.4, -0.2) is 10.8 Å². The number of amides is 1. The van der Waals surface area contributed by atoms with Gasteiger partial charge in [-0.25, -0.2) is 0 Å². The highest BCUT2D eigenvalue weighted by Crippen LogP contribution is 2.40. The predicted molar refractivity (Wildman–Crippen MR) is 105 cm³/mol. The van der Waals surface area contributed by atoms with Crippen molar-refractivity contribution in [3.05, 3.63) is 55.4 Å². The third-order valence-corrected chi connectivity index (χ3v) is 6.32. The summed E-state index contributed by atoms with van der Waals surface area (Å²) in [6, 6.07) is 6.68. The first-order valence-corrected chi connectivity index (χ1v) is 9.87. The van der Waals surface area contributed by atoms with Gasteiger partial charge in [0.25, 0.3) is 11.6 Å². The average Bonchev–Trinajstić information content (AvgIpc) is 2.97. The van der Waals surface area contributed by atoms with Gasteiger partial charge >= 0.3 is 0 Å². The molecule has 1 aromatic carbocycles. The van der Waals surface area contributed by atoms with Crippen LogP contribution in [0.1, 0.15) is 58.1 Å². The molecule has 1 N–H and O–H groups in total. The van der Waals surface area contributed by atoms with Crippen LogP contribution in [0.2, 0.25) is 0 Å². The number of thiophene rings is 1. The van der Waals surface area contributed by atoms with Crippen LogP contribution in [0.5, 0.6) is 0 Å². The van der Waals surface area contributed by atoms with E-state index in [0.29, 0.717) is 22.0 Å². The number of nitrogens with zero attached hydrogens (tertiary/aromatic N) is 2. The molecule has 2 aromatic rings. The van der Waals surface area contributed by atoms with Crippen molar-refractivity contribution in [3.8, 4) is 6.07 Å². The number of nitro groups is 1. The van der Waals surface area contributed by atoms with Crippen molar-refractivity contribution in [3.63, 3.8) is 0 Å². The van der Waals surface area contributed by atoms with Gasteiger partial charge in [-0.05, 0) is 43.7 Å². The van der Waals surface area contributed by atoms with Gasteiger partial charge in [-0.15, -0.1) is 11.3 Å². The van der Waals surface area contributed by atoms with Crippen molar-refractivity contribution >= 4 is 27.9 Å². The zero-order valence-corrected chi connectivity index (χ0v) is 16.2. The average molecular weight is 383 g/mol. The molecule has 0 radical (unpaired) electrons. The number of fused-ring (bicyclic) bond motifs is 1. The Hall–Kier alpha value is -2.72. The summed E-state index contributed by atoms with van der Waals surface area (Å²) in [5, 5.41) is 24.1. The molecule has 1 aliphatic rings. The van der Waals surface area contributed by atoms with E-state index in [1.807, 2.05) is 0 Å². The Kier molecular flexibility index (Phi) is 5.57. The maximum Gasteiger partial charge on any atom is 0.273 e. The Morgan fingerprint density at radius 2 is 2.26 bits per heavy atom. The summed E-state index contributed by atoms with van der Waals surface area (Å²) in [6.45, 7) is 3.74. The minimum absolute atomic E-state index is 0.0870. The lowest BCUT2D eigenvalue weighted by molar-refractivity contribution is -0.385. The molecule has 1 unspecified atom stereocenters. The van der Waals surface area contributed by atoms with Crippen molar-refractivity contribution < 1.29 is 9.72 Å². The standard InChI is InChI=1S/C20H21N3O3S/c1-3-5-13-8-9-15-16(11-21)20(27-18(15)10-13)22-19(24)14-6-4-7-17(12(14)2)23(25)26/h4,6-7,13H,3,5,8-10H2,1-2H3,(H,22,24). The summed E-state index contributed by atoms with van der Waals surface area (Å²) in [6.07, 6.45) is 5.21. The molecule has 6 nitrogen and oxygen atoms in total. The second kappa shape index (κ2) is 7.89. The molecule has 0 fully saturated rings. The van der Waals surface area contributed by atoms with Gasteiger partial charge in [0.1, 0.15) is 11.1 Å². The molecule has 1 aromatic heterocycles. The molecule has 1 atom stereocenters. The summed E-state index contributed by atoms with van der Waals surface area (Å²) in [5.41, 5.74) is 2.09. The monoisotopic (exact) mass is 383 g/mol. The van der Waals surface area contributed by atoms with Gasteiger partial charge in [0.15, 0.2) is 0 Å². The van der Waals surface area contributed by atoms with Crippen LogP contribution in [0.4, 0.5) is 10.7 Å². The lowest BCUT2D eigenvalue weighted by Crippen LogP contribution is -2.14.